The Kier molecular flexibility index (Phi) is 4.88. The average molecular weight is 286 g/mol. The molecule has 0 saturated heterocycles. The molecule has 0 fully saturated rings. The number of aliphatic hydroxyl groups is 1. The predicted octanol–water partition coefficient (Wildman–Crippen LogP) is -1.01. The molecule has 1 aromatic heterocycles. The van der Waals surface area contributed by atoms with Gasteiger partial charge in [-0.3, -0.25) is 0 Å². The van der Waals surface area contributed by atoms with E-state index in [1.165, 1.54) is 0 Å². The van der Waals surface area contributed by atoms with Crippen molar-refractivity contribution in [1.82, 2.24) is 0 Å². The fourth-order valence-electron chi connectivity index (χ4n) is 1.37. The van der Waals surface area contributed by atoms with Crippen LogP contribution in [-0.2, 0) is 4.65 Å². The Morgan fingerprint density at radius 3 is 2.05 bits per heavy atom. The molecule has 19 heavy (non-hydrogen) atoms. The Bertz CT molecular complexity index is 439. The largest absolute Gasteiger partial charge is 0.502 e. The van der Waals surface area contributed by atoms with Crippen LogP contribution in [0.2, 0.25) is 0 Å². The van der Waals surface area contributed by atoms with E-state index in [2.05, 4.69) is 0 Å². The van der Waals surface area contributed by atoms with E-state index in [1.54, 1.807) is 40.7 Å². The summed E-state index contributed by atoms with van der Waals surface area (Å²) in [7, 11) is -2.79. The van der Waals surface area contributed by atoms with Gasteiger partial charge in [-0.15, -0.1) is 0 Å². The monoisotopic (exact) mass is 286 g/mol. The summed E-state index contributed by atoms with van der Waals surface area (Å²) < 4.78 is 6.36. The van der Waals surface area contributed by atoms with Crippen LogP contribution in [0.3, 0.4) is 0 Å². The molecule has 8 heteroatoms. The molecule has 0 atom stereocenters. The van der Waals surface area contributed by atoms with Gasteiger partial charge in [0.2, 0.25) is 0 Å². The Hall–Kier alpha value is -0.370. The average Bonchev–Trinajstić information content (AvgIpc) is 2.57. The fourth-order valence-corrected chi connectivity index (χ4v) is 2.33. The summed E-state index contributed by atoms with van der Waals surface area (Å²) in [6.45, 7) is 8.32. The Balaban J connectivity index is 2.93. The molecular formula is C11H20B2O5S. The molecule has 0 radical (unpaired) electrons. The number of hydrogen-bond donors (Lipinski definition) is 4. The van der Waals surface area contributed by atoms with Crippen molar-refractivity contribution in [2.24, 2.45) is 0 Å². The molecule has 0 amide bonds. The Morgan fingerprint density at radius 2 is 1.68 bits per heavy atom. The highest BCUT2D eigenvalue weighted by Gasteiger charge is 2.40. The lowest BCUT2D eigenvalue weighted by Crippen LogP contribution is -2.53. The van der Waals surface area contributed by atoms with Gasteiger partial charge in [-0.25, -0.2) is 0 Å². The normalized spacial score (nSPS) is 12.7. The lowest BCUT2D eigenvalue weighted by atomic mass is 9.80. The first kappa shape index (κ1) is 16.7. The van der Waals surface area contributed by atoms with Gasteiger partial charge in [0.25, 0.3) is 0 Å². The van der Waals surface area contributed by atoms with Crippen molar-refractivity contribution in [2.75, 3.05) is 0 Å². The number of rotatable bonds is 5. The third-order valence-corrected chi connectivity index (χ3v) is 4.64. The summed E-state index contributed by atoms with van der Waals surface area (Å²) in [5.41, 5.74) is -1.37. The molecule has 1 heterocycles. The lowest BCUT2D eigenvalue weighted by Gasteiger charge is -2.38. The zero-order valence-electron chi connectivity index (χ0n) is 11.8. The van der Waals surface area contributed by atoms with Gasteiger partial charge in [0.05, 0.1) is 11.2 Å². The van der Waals surface area contributed by atoms with E-state index in [4.69, 9.17) is 14.7 Å². The van der Waals surface area contributed by atoms with Gasteiger partial charge in [0.1, 0.15) is 0 Å². The van der Waals surface area contributed by atoms with Crippen LogP contribution in [0, 0.1) is 6.92 Å². The summed E-state index contributed by atoms with van der Waals surface area (Å²) in [5, 5.41) is 38.3. The summed E-state index contributed by atoms with van der Waals surface area (Å²) in [5.74, 6) is 0. The maximum atomic E-state index is 10.1. The molecule has 0 aliphatic heterocycles. The molecule has 0 spiro atoms. The van der Waals surface area contributed by atoms with Crippen LogP contribution in [0.25, 0.3) is 0 Å². The van der Waals surface area contributed by atoms with Crippen molar-refractivity contribution in [1.29, 1.82) is 0 Å². The van der Waals surface area contributed by atoms with Gasteiger partial charge >= 0.3 is 14.2 Å². The van der Waals surface area contributed by atoms with E-state index in [0.29, 0.717) is 15.1 Å². The van der Waals surface area contributed by atoms with E-state index < -0.39 is 25.4 Å². The van der Waals surface area contributed by atoms with Crippen molar-refractivity contribution in [3.05, 3.63) is 11.6 Å². The van der Waals surface area contributed by atoms with E-state index >= 15 is 0 Å². The van der Waals surface area contributed by atoms with E-state index in [1.807, 2.05) is 0 Å². The quantitative estimate of drug-likeness (QED) is 0.521. The molecular weight excluding hydrogens is 266 g/mol. The molecule has 0 aromatic carbocycles. The molecule has 0 aliphatic rings. The van der Waals surface area contributed by atoms with Gasteiger partial charge in [0, 0.05) is 9.55 Å². The molecule has 0 bridgehead atoms. The number of hydrogen-bond acceptors (Lipinski definition) is 6. The first-order valence-electron chi connectivity index (χ1n) is 6.00. The third kappa shape index (κ3) is 3.81. The topological polar surface area (TPSA) is 90.2 Å². The first-order chi connectivity index (χ1) is 8.45. The highest BCUT2D eigenvalue weighted by atomic mass is 32.1. The van der Waals surface area contributed by atoms with Crippen molar-refractivity contribution in [3.8, 4) is 0 Å². The number of thiophene rings is 1. The maximum Gasteiger partial charge on any atom is 0.502 e. The molecule has 0 saturated carbocycles. The van der Waals surface area contributed by atoms with E-state index in [0.717, 1.165) is 11.3 Å². The molecule has 0 unspecified atom stereocenters. The minimum Gasteiger partial charge on any atom is -0.423 e. The van der Waals surface area contributed by atoms with Gasteiger partial charge in [-0.1, -0.05) is 0 Å². The maximum absolute atomic E-state index is 10.1. The van der Waals surface area contributed by atoms with Crippen molar-refractivity contribution < 1.29 is 24.8 Å². The van der Waals surface area contributed by atoms with Crippen LogP contribution >= 0.6 is 11.3 Å². The van der Waals surface area contributed by atoms with Crippen LogP contribution < -0.4 is 9.55 Å². The second-order valence-corrected chi connectivity index (χ2v) is 6.72. The summed E-state index contributed by atoms with van der Waals surface area (Å²) in [6, 6.07) is 1.59. The lowest BCUT2D eigenvalue weighted by molar-refractivity contribution is -0.0982. The van der Waals surface area contributed by atoms with Crippen molar-refractivity contribution in [2.45, 2.75) is 45.8 Å². The smallest absolute Gasteiger partial charge is 0.423 e. The van der Waals surface area contributed by atoms with E-state index in [9.17, 15) is 10.1 Å². The third-order valence-electron chi connectivity index (χ3n) is 3.33. The minimum absolute atomic E-state index is 0.344. The van der Waals surface area contributed by atoms with Crippen LogP contribution in [0.1, 0.15) is 33.3 Å². The van der Waals surface area contributed by atoms with Crippen LogP contribution in [0.4, 0.5) is 0 Å². The van der Waals surface area contributed by atoms with Crippen molar-refractivity contribution in [3.63, 3.8) is 0 Å². The molecule has 1 rings (SSSR count). The van der Waals surface area contributed by atoms with Gasteiger partial charge in [-0.05, 0) is 46.2 Å². The predicted molar refractivity (Wildman–Crippen MR) is 78.0 cm³/mol. The summed E-state index contributed by atoms with van der Waals surface area (Å²) in [4.78, 5) is 0. The zero-order valence-corrected chi connectivity index (χ0v) is 12.7. The summed E-state index contributed by atoms with van der Waals surface area (Å²) >= 11 is 1.07. The summed E-state index contributed by atoms with van der Waals surface area (Å²) in [6.07, 6.45) is 0. The van der Waals surface area contributed by atoms with Gasteiger partial charge in [-0.2, -0.15) is 11.3 Å². The second-order valence-electron chi connectivity index (χ2n) is 5.61. The second kappa shape index (κ2) is 5.55. The molecule has 1 aromatic rings. The number of aryl methyl sites for hydroxylation is 1. The minimum atomic E-state index is -1.56. The van der Waals surface area contributed by atoms with Gasteiger partial charge in [0.15, 0.2) is 0 Å². The molecule has 4 N–H and O–H groups in total. The first-order valence-corrected chi connectivity index (χ1v) is 6.82. The van der Waals surface area contributed by atoms with Crippen LogP contribution in [0.15, 0.2) is 6.07 Å². The zero-order chi connectivity index (χ0) is 15.0. The van der Waals surface area contributed by atoms with Crippen LogP contribution in [-0.4, -0.2) is 45.6 Å². The standard InChI is InChI=1S/C11H20B2O5S/c1-7-6-8(12(15)16)19-9(7)13(17)18-11(4,5)10(2,3)14/h6,14-17H,1-5H3. The molecule has 106 valence electrons. The fraction of sp³-hybridized carbons (Fsp3) is 0.636. The molecule has 0 aliphatic carbocycles. The Morgan fingerprint density at radius 1 is 1.16 bits per heavy atom. The Labute approximate surface area is 118 Å². The van der Waals surface area contributed by atoms with Crippen molar-refractivity contribution >= 4 is 35.1 Å². The van der Waals surface area contributed by atoms with E-state index in [-0.39, 0.29) is 0 Å². The highest BCUT2D eigenvalue weighted by Crippen LogP contribution is 2.25. The SMILES string of the molecule is Cc1cc(B(O)O)sc1B(O)OC(C)(C)C(C)(C)O. The van der Waals surface area contributed by atoms with Gasteiger partial charge < -0.3 is 24.8 Å². The highest BCUT2D eigenvalue weighted by molar-refractivity contribution is 7.30. The van der Waals surface area contributed by atoms with Crippen LogP contribution in [0.5, 0.6) is 0 Å². The molecule has 5 nitrogen and oxygen atoms in total.